The van der Waals surface area contributed by atoms with Crippen LogP contribution in [0.5, 0.6) is 5.75 Å². The monoisotopic (exact) mass is 181 g/mol. The van der Waals surface area contributed by atoms with Gasteiger partial charge in [0.05, 0.1) is 12.1 Å². The second kappa shape index (κ2) is 3.36. The van der Waals surface area contributed by atoms with Crippen LogP contribution in [-0.4, -0.2) is 16.8 Å². The van der Waals surface area contributed by atoms with Crippen LogP contribution in [0.3, 0.4) is 0 Å². The molecule has 1 rings (SSSR count). The van der Waals surface area contributed by atoms with Gasteiger partial charge in [-0.3, -0.25) is 0 Å². The van der Waals surface area contributed by atoms with Gasteiger partial charge >= 0.3 is 0 Å². The lowest BCUT2D eigenvalue weighted by Gasteiger charge is -2.23. The number of aliphatic hydroxyl groups is 1. The summed E-state index contributed by atoms with van der Waals surface area (Å²) in [7, 11) is 0. The summed E-state index contributed by atoms with van der Waals surface area (Å²) in [6.45, 7) is 3.37. The summed E-state index contributed by atoms with van der Waals surface area (Å²) in [5, 5.41) is 18.6. The lowest BCUT2D eigenvalue weighted by molar-refractivity contribution is 0.207. The third kappa shape index (κ3) is 1.99. The molecule has 1 unspecified atom stereocenters. The molecule has 1 aromatic carbocycles. The Balaban J connectivity index is 3.16. The summed E-state index contributed by atoms with van der Waals surface area (Å²) >= 11 is 0. The molecule has 0 amide bonds. The maximum absolute atomic E-state index is 9.57. The molecule has 0 radical (unpaired) electrons. The molecule has 0 spiro atoms. The molecule has 0 heterocycles. The minimum absolute atomic E-state index is 0.138. The van der Waals surface area contributed by atoms with Gasteiger partial charge in [0.2, 0.25) is 0 Å². The lowest BCUT2D eigenvalue weighted by Crippen LogP contribution is -2.36. The van der Waals surface area contributed by atoms with E-state index >= 15 is 0 Å². The van der Waals surface area contributed by atoms with E-state index in [0.29, 0.717) is 5.56 Å². The second-order valence-electron chi connectivity index (χ2n) is 3.60. The van der Waals surface area contributed by atoms with Crippen LogP contribution in [-0.2, 0) is 5.54 Å². The molecule has 0 aliphatic heterocycles. The van der Waals surface area contributed by atoms with Gasteiger partial charge in [-0.05, 0) is 25.5 Å². The zero-order chi connectivity index (χ0) is 10.1. The highest BCUT2D eigenvalue weighted by Gasteiger charge is 2.23. The van der Waals surface area contributed by atoms with Crippen LogP contribution in [0.15, 0.2) is 18.2 Å². The van der Waals surface area contributed by atoms with Gasteiger partial charge in [0.25, 0.3) is 0 Å². The van der Waals surface area contributed by atoms with Crippen LogP contribution in [0, 0.1) is 6.92 Å². The molecule has 1 aromatic rings. The maximum atomic E-state index is 9.57. The van der Waals surface area contributed by atoms with Crippen molar-refractivity contribution < 1.29 is 10.2 Å². The summed E-state index contributed by atoms with van der Waals surface area (Å²) in [5.74, 6) is 0.138. The van der Waals surface area contributed by atoms with Crippen LogP contribution in [0.4, 0.5) is 0 Å². The molecule has 0 saturated carbocycles. The van der Waals surface area contributed by atoms with Crippen molar-refractivity contribution in [3.05, 3.63) is 29.3 Å². The number of phenolic OH excluding ortho intramolecular Hbond substituents is 1. The highest BCUT2D eigenvalue weighted by atomic mass is 16.3. The number of hydrogen-bond acceptors (Lipinski definition) is 3. The molecule has 3 heteroatoms. The molecule has 0 bridgehead atoms. The van der Waals surface area contributed by atoms with E-state index < -0.39 is 5.54 Å². The van der Waals surface area contributed by atoms with E-state index in [-0.39, 0.29) is 12.4 Å². The number of nitrogens with two attached hydrogens (primary N) is 1. The van der Waals surface area contributed by atoms with Gasteiger partial charge in [0.15, 0.2) is 0 Å². The SMILES string of the molecule is Cc1ccc(C(C)(N)CO)c(O)c1. The fraction of sp³-hybridized carbons (Fsp3) is 0.400. The molecule has 13 heavy (non-hydrogen) atoms. The van der Waals surface area contributed by atoms with E-state index in [1.807, 2.05) is 13.0 Å². The van der Waals surface area contributed by atoms with Crippen molar-refractivity contribution in [2.24, 2.45) is 5.73 Å². The van der Waals surface area contributed by atoms with Crippen molar-refractivity contribution in [2.45, 2.75) is 19.4 Å². The predicted octanol–water partition coefficient (Wildman–Crippen LogP) is 0.867. The van der Waals surface area contributed by atoms with Crippen molar-refractivity contribution in [3.63, 3.8) is 0 Å². The highest BCUT2D eigenvalue weighted by molar-refractivity contribution is 5.40. The number of aliphatic hydroxyl groups excluding tert-OH is 1. The summed E-state index contributed by atoms with van der Waals surface area (Å²) in [6, 6.07) is 5.23. The molecule has 0 saturated heterocycles. The Bertz CT molecular complexity index is 308. The fourth-order valence-electron chi connectivity index (χ4n) is 1.21. The average Bonchev–Trinajstić information content (AvgIpc) is 2.03. The first-order valence-corrected chi connectivity index (χ1v) is 4.17. The van der Waals surface area contributed by atoms with E-state index in [0.717, 1.165) is 5.56 Å². The van der Waals surface area contributed by atoms with Gasteiger partial charge in [-0.15, -0.1) is 0 Å². The van der Waals surface area contributed by atoms with Gasteiger partial charge in [-0.25, -0.2) is 0 Å². The van der Waals surface area contributed by atoms with Gasteiger partial charge < -0.3 is 15.9 Å². The van der Waals surface area contributed by atoms with Crippen LogP contribution in [0.1, 0.15) is 18.1 Å². The Morgan fingerprint density at radius 2 is 2.08 bits per heavy atom. The highest BCUT2D eigenvalue weighted by Crippen LogP contribution is 2.27. The number of hydrogen-bond donors (Lipinski definition) is 3. The number of benzene rings is 1. The van der Waals surface area contributed by atoms with Crippen LogP contribution in [0.2, 0.25) is 0 Å². The molecular weight excluding hydrogens is 166 g/mol. The van der Waals surface area contributed by atoms with Crippen molar-refractivity contribution in [1.82, 2.24) is 0 Å². The molecule has 0 aliphatic rings. The van der Waals surface area contributed by atoms with E-state index in [4.69, 9.17) is 10.8 Å². The standard InChI is InChI=1S/C10H15NO2/c1-7-3-4-8(9(13)5-7)10(2,11)6-12/h3-5,12-13H,6,11H2,1-2H3. The quantitative estimate of drug-likeness (QED) is 0.634. The van der Waals surface area contributed by atoms with E-state index in [1.165, 1.54) is 0 Å². The van der Waals surface area contributed by atoms with Gasteiger partial charge in [0.1, 0.15) is 5.75 Å². The molecule has 0 fully saturated rings. The molecule has 72 valence electrons. The zero-order valence-electron chi connectivity index (χ0n) is 7.91. The average molecular weight is 181 g/mol. The van der Waals surface area contributed by atoms with Crippen molar-refractivity contribution >= 4 is 0 Å². The number of aryl methyl sites for hydroxylation is 1. The molecule has 0 aromatic heterocycles. The summed E-state index contributed by atoms with van der Waals surface area (Å²) in [5.41, 5.74) is 6.44. The normalized spacial score (nSPS) is 15.4. The fourth-order valence-corrected chi connectivity index (χ4v) is 1.21. The Kier molecular flexibility index (Phi) is 2.59. The molecule has 4 N–H and O–H groups in total. The third-order valence-corrected chi connectivity index (χ3v) is 2.10. The Hall–Kier alpha value is -1.06. The minimum atomic E-state index is -0.877. The van der Waals surface area contributed by atoms with Crippen molar-refractivity contribution in [2.75, 3.05) is 6.61 Å². The van der Waals surface area contributed by atoms with Crippen LogP contribution in [0.25, 0.3) is 0 Å². The summed E-state index contributed by atoms with van der Waals surface area (Å²) in [4.78, 5) is 0. The topological polar surface area (TPSA) is 66.5 Å². The first kappa shape index (κ1) is 10.0. The molecule has 3 nitrogen and oxygen atoms in total. The predicted molar refractivity (Wildman–Crippen MR) is 51.5 cm³/mol. The van der Waals surface area contributed by atoms with Crippen molar-refractivity contribution in [1.29, 1.82) is 0 Å². The first-order valence-electron chi connectivity index (χ1n) is 4.17. The van der Waals surface area contributed by atoms with Crippen molar-refractivity contribution in [3.8, 4) is 5.75 Å². The van der Waals surface area contributed by atoms with Gasteiger partial charge in [-0.2, -0.15) is 0 Å². The van der Waals surface area contributed by atoms with E-state index in [1.54, 1.807) is 19.1 Å². The Morgan fingerprint density at radius 1 is 1.46 bits per heavy atom. The van der Waals surface area contributed by atoms with E-state index in [9.17, 15) is 5.11 Å². The zero-order valence-corrected chi connectivity index (χ0v) is 7.91. The first-order chi connectivity index (χ1) is 5.97. The molecule has 1 atom stereocenters. The van der Waals surface area contributed by atoms with Crippen LogP contribution < -0.4 is 5.73 Å². The van der Waals surface area contributed by atoms with Crippen LogP contribution >= 0.6 is 0 Å². The second-order valence-corrected chi connectivity index (χ2v) is 3.60. The van der Waals surface area contributed by atoms with Gasteiger partial charge in [-0.1, -0.05) is 12.1 Å². The van der Waals surface area contributed by atoms with E-state index in [2.05, 4.69) is 0 Å². The maximum Gasteiger partial charge on any atom is 0.120 e. The largest absolute Gasteiger partial charge is 0.508 e. The Labute approximate surface area is 77.8 Å². The smallest absolute Gasteiger partial charge is 0.120 e. The number of aromatic hydroxyl groups is 1. The third-order valence-electron chi connectivity index (χ3n) is 2.10. The number of rotatable bonds is 2. The summed E-state index contributed by atoms with van der Waals surface area (Å²) < 4.78 is 0. The minimum Gasteiger partial charge on any atom is -0.508 e. The van der Waals surface area contributed by atoms with Gasteiger partial charge in [0, 0.05) is 5.56 Å². The molecular formula is C10H15NO2. The lowest BCUT2D eigenvalue weighted by atomic mass is 9.92. The Morgan fingerprint density at radius 3 is 2.54 bits per heavy atom. The number of phenols is 1. The summed E-state index contributed by atoms with van der Waals surface area (Å²) in [6.07, 6.45) is 0. The molecule has 0 aliphatic carbocycles.